The standard InChI is InChI=1S/C12H20N4O/c1-3-14-11-4-6-16(12(11)17)10(2)8-15-7-5-13-9-15/h5,7,9-11,14H,3-4,6,8H2,1-2H3. The molecule has 0 bridgehead atoms. The van der Waals surface area contributed by atoms with Gasteiger partial charge in [0, 0.05) is 31.5 Å². The number of likely N-dealkylation sites (tertiary alicyclic amines) is 1. The Morgan fingerprint density at radius 2 is 2.47 bits per heavy atom. The molecule has 0 aromatic carbocycles. The van der Waals surface area contributed by atoms with Crippen molar-refractivity contribution >= 4 is 5.91 Å². The predicted molar refractivity (Wildman–Crippen MR) is 65.5 cm³/mol. The third kappa shape index (κ3) is 2.66. The van der Waals surface area contributed by atoms with E-state index < -0.39 is 0 Å². The van der Waals surface area contributed by atoms with E-state index in [0.717, 1.165) is 26.1 Å². The van der Waals surface area contributed by atoms with Crippen LogP contribution in [0.2, 0.25) is 0 Å². The lowest BCUT2D eigenvalue weighted by atomic mass is 10.2. The average molecular weight is 236 g/mol. The zero-order chi connectivity index (χ0) is 12.3. The highest BCUT2D eigenvalue weighted by molar-refractivity contribution is 5.84. The van der Waals surface area contributed by atoms with Gasteiger partial charge in [-0.25, -0.2) is 4.98 Å². The summed E-state index contributed by atoms with van der Waals surface area (Å²) in [6.07, 6.45) is 6.40. The van der Waals surface area contributed by atoms with Crippen molar-refractivity contribution in [3.63, 3.8) is 0 Å². The van der Waals surface area contributed by atoms with Crippen LogP contribution in [0, 0.1) is 0 Å². The highest BCUT2D eigenvalue weighted by atomic mass is 16.2. The van der Waals surface area contributed by atoms with Crippen molar-refractivity contribution in [3.8, 4) is 0 Å². The number of hydrogen-bond acceptors (Lipinski definition) is 3. The van der Waals surface area contributed by atoms with E-state index >= 15 is 0 Å². The summed E-state index contributed by atoms with van der Waals surface area (Å²) in [5.74, 6) is 0.236. The van der Waals surface area contributed by atoms with Gasteiger partial charge in [0.2, 0.25) is 5.91 Å². The highest BCUT2D eigenvalue weighted by Crippen LogP contribution is 2.15. The third-order valence-electron chi connectivity index (χ3n) is 3.26. The predicted octanol–water partition coefficient (Wildman–Crippen LogP) is 0.482. The van der Waals surface area contributed by atoms with Gasteiger partial charge >= 0.3 is 0 Å². The Bertz CT molecular complexity index is 363. The summed E-state index contributed by atoms with van der Waals surface area (Å²) >= 11 is 0. The molecule has 0 radical (unpaired) electrons. The number of likely N-dealkylation sites (N-methyl/N-ethyl adjacent to an activating group) is 1. The second-order valence-corrected chi connectivity index (χ2v) is 4.54. The van der Waals surface area contributed by atoms with Crippen LogP contribution in [0.3, 0.4) is 0 Å². The summed E-state index contributed by atoms with van der Waals surface area (Å²) in [5.41, 5.74) is 0. The molecule has 2 heterocycles. The smallest absolute Gasteiger partial charge is 0.240 e. The van der Waals surface area contributed by atoms with E-state index in [9.17, 15) is 4.79 Å². The first-order valence-electron chi connectivity index (χ1n) is 6.22. The zero-order valence-corrected chi connectivity index (χ0v) is 10.5. The molecular weight excluding hydrogens is 216 g/mol. The van der Waals surface area contributed by atoms with Crippen molar-refractivity contribution in [3.05, 3.63) is 18.7 Å². The maximum absolute atomic E-state index is 12.1. The first kappa shape index (κ1) is 12.1. The fraction of sp³-hybridized carbons (Fsp3) is 0.667. The number of nitrogens with one attached hydrogen (secondary N) is 1. The summed E-state index contributed by atoms with van der Waals surface area (Å²) in [7, 11) is 0. The maximum atomic E-state index is 12.1. The molecule has 17 heavy (non-hydrogen) atoms. The van der Waals surface area contributed by atoms with Gasteiger partial charge in [-0.3, -0.25) is 4.79 Å². The van der Waals surface area contributed by atoms with E-state index in [1.807, 2.05) is 22.6 Å². The van der Waals surface area contributed by atoms with E-state index in [1.54, 1.807) is 12.5 Å². The molecule has 2 atom stereocenters. The lowest BCUT2D eigenvalue weighted by molar-refractivity contribution is -0.131. The number of aromatic nitrogens is 2. The molecule has 1 aromatic rings. The van der Waals surface area contributed by atoms with Crippen LogP contribution in [0.5, 0.6) is 0 Å². The molecule has 2 unspecified atom stereocenters. The van der Waals surface area contributed by atoms with Gasteiger partial charge in [-0.2, -0.15) is 0 Å². The van der Waals surface area contributed by atoms with Crippen LogP contribution in [0.1, 0.15) is 20.3 Å². The Morgan fingerprint density at radius 3 is 3.12 bits per heavy atom. The molecule has 1 saturated heterocycles. The number of rotatable bonds is 5. The molecule has 0 aliphatic carbocycles. The lowest BCUT2D eigenvalue weighted by Crippen LogP contribution is -2.43. The number of hydrogen-bond donors (Lipinski definition) is 1. The van der Waals surface area contributed by atoms with Gasteiger partial charge < -0.3 is 14.8 Å². The van der Waals surface area contributed by atoms with Crippen LogP contribution < -0.4 is 5.32 Å². The van der Waals surface area contributed by atoms with Gasteiger partial charge in [-0.05, 0) is 19.9 Å². The van der Waals surface area contributed by atoms with Crippen molar-refractivity contribution < 1.29 is 4.79 Å². The van der Waals surface area contributed by atoms with Gasteiger partial charge in [0.1, 0.15) is 0 Å². The topological polar surface area (TPSA) is 50.2 Å². The summed E-state index contributed by atoms with van der Waals surface area (Å²) in [6, 6.07) is 0.241. The number of amides is 1. The van der Waals surface area contributed by atoms with Crippen molar-refractivity contribution in [1.29, 1.82) is 0 Å². The van der Waals surface area contributed by atoms with Crippen molar-refractivity contribution in [1.82, 2.24) is 19.8 Å². The highest BCUT2D eigenvalue weighted by Gasteiger charge is 2.33. The summed E-state index contributed by atoms with van der Waals surface area (Å²) < 4.78 is 2.01. The zero-order valence-electron chi connectivity index (χ0n) is 10.5. The SMILES string of the molecule is CCNC1CCN(C(C)Cn2ccnc2)C1=O. The summed E-state index contributed by atoms with van der Waals surface area (Å²) in [6.45, 7) is 6.63. The second kappa shape index (κ2) is 5.31. The minimum atomic E-state index is 0.0187. The van der Waals surface area contributed by atoms with Crippen LogP contribution in [0.4, 0.5) is 0 Å². The molecular formula is C12H20N4O. The van der Waals surface area contributed by atoms with Gasteiger partial charge in [0.05, 0.1) is 12.4 Å². The summed E-state index contributed by atoms with van der Waals surface area (Å²) in [4.78, 5) is 18.1. The van der Waals surface area contributed by atoms with Crippen molar-refractivity contribution in [2.24, 2.45) is 0 Å². The molecule has 2 rings (SSSR count). The van der Waals surface area contributed by atoms with E-state index in [2.05, 4.69) is 17.2 Å². The van der Waals surface area contributed by atoms with E-state index in [1.165, 1.54) is 0 Å². The number of carbonyl (C=O) groups excluding carboxylic acids is 1. The Balaban J connectivity index is 1.92. The van der Waals surface area contributed by atoms with Crippen LogP contribution in [-0.2, 0) is 11.3 Å². The largest absolute Gasteiger partial charge is 0.337 e. The fourth-order valence-electron chi connectivity index (χ4n) is 2.37. The Morgan fingerprint density at radius 1 is 1.65 bits per heavy atom. The molecule has 94 valence electrons. The minimum absolute atomic E-state index is 0.0187. The molecule has 1 aromatic heterocycles. The minimum Gasteiger partial charge on any atom is -0.337 e. The van der Waals surface area contributed by atoms with Gasteiger partial charge in [0.15, 0.2) is 0 Å². The molecule has 5 heteroatoms. The van der Waals surface area contributed by atoms with Crippen molar-refractivity contribution in [2.45, 2.75) is 38.9 Å². The maximum Gasteiger partial charge on any atom is 0.240 e. The number of carbonyl (C=O) groups is 1. The van der Waals surface area contributed by atoms with Gasteiger partial charge in [-0.1, -0.05) is 6.92 Å². The van der Waals surface area contributed by atoms with E-state index in [0.29, 0.717) is 0 Å². The molecule has 1 N–H and O–H groups in total. The Labute approximate surface area is 102 Å². The monoisotopic (exact) mass is 236 g/mol. The quantitative estimate of drug-likeness (QED) is 0.809. The molecule has 5 nitrogen and oxygen atoms in total. The normalized spacial score (nSPS) is 22.1. The first-order chi connectivity index (χ1) is 8.22. The number of imidazole rings is 1. The molecule has 1 amide bonds. The summed E-state index contributed by atoms with van der Waals surface area (Å²) in [5, 5.41) is 3.23. The molecule has 1 aliphatic rings. The number of nitrogens with zero attached hydrogens (tertiary/aromatic N) is 3. The second-order valence-electron chi connectivity index (χ2n) is 4.54. The lowest BCUT2D eigenvalue weighted by Gasteiger charge is -2.25. The third-order valence-corrected chi connectivity index (χ3v) is 3.26. The van der Waals surface area contributed by atoms with Crippen LogP contribution >= 0.6 is 0 Å². The molecule has 0 saturated carbocycles. The Kier molecular flexibility index (Phi) is 3.78. The Hall–Kier alpha value is -1.36. The average Bonchev–Trinajstić information content (AvgIpc) is 2.91. The molecule has 1 fully saturated rings. The van der Waals surface area contributed by atoms with E-state index in [-0.39, 0.29) is 18.0 Å². The molecule has 0 spiro atoms. The van der Waals surface area contributed by atoms with Crippen LogP contribution in [-0.4, -0.2) is 45.5 Å². The van der Waals surface area contributed by atoms with Crippen molar-refractivity contribution in [2.75, 3.05) is 13.1 Å². The first-order valence-corrected chi connectivity index (χ1v) is 6.22. The van der Waals surface area contributed by atoms with Gasteiger partial charge in [-0.15, -0.1) is 0 Å². The molecule has 1 aliphatic heterocycles. The van der Waals surface area contributed by atoms with Crippen LogP contribution in [0.15, 0.2) is 18.7 Å². The fourth-order valence-corrected chi connectivity index (χ4v) is 2.37. The van der Waals surface area contributed by atoms with E-state index in [4.69, 9.17) is 0 Å². The van der Waals surface area contributed by atoms with Gasteiger partial charge in [0.25, 0.3) is 0 Å². The van der Waals surface area contributed by atoms with Crippen LogP contribution in [0.25, 0.3) is 0 Å².